The van der Waals surface area contributed by atoms with Gasteiger partial charge in [-0.05, 0) is 43.2 Å². The first kappa shape index (κ1) is 15.3. The van der Waals surface area contributed by atoms with Gasteiger partial charge < -0.3 is 5.32 Å². The number of aryl methyl sites for hydroxylation is 1. The molecule has 1 N–H and O–H groups in total. The fourth-order valence-electron chi connectivity index (χ4n) is 2.08. The number of hydrogen-bond donors (Lipinski definition) is 1. The Morgan fingerprint density at radius 1 is 1.29 bits per heavy atom. The van der Waals surface area contributed by atoms with Crippen LogP contribution in [0.2, 0.25) is 5.02 Å². The van der Waals surface area contributed by atoms with E-state index in [0.717, 1.165) is 5.56 Å². The van der Waals surface area contributed by atoms with Crippen LogP contribution in [0.3, 0.4) is 0 Å². The van der Waals surface area contributed by atoms with Crippen LogP contribution in [0.1, 0.15) is 24.1 Å². The summed E-state index contributed by atoms with van der Waals surface area (Å²) in [6, 6.07) is 8.74. The van der Waals surface area contributed by atoms with Gasteiger partial charge in [0.25, 0.3) is 5.69 Å². The predicted molar refractivity (Wildman–Crippen MR) is 81.3 cm³/mol. The molecule has 0 radical (unpaired) electrons. The molecule has 1 unspecified atom stereocenters. The second kappa shape index (κ2) is 6.10. The number of halogens is 2. The first-order valence-corrected chi connectivity index (χ1v) is 6.73. The van der Waals surface area contributed by atoms with E-state index in [4.69, 9.17) is 11.6 Å². The van der Waals surface area contributed by atoms with Crippen LogP contribution < -0.4 is 5.32 Å². The highest BCUT2D eigenvalue weighted by molar-refractivity contribution is 6.31. The molecule has 21 heavy (non-hydrogen) atoms. The normalized spacial score (nSPS) is 12.0. The molecule has 1 atom stereocenters. The lowest BCUT2D eigenvalue weighted by atomic mass is 10.1. The molecular formula is C15H14ClFN2O2. The number of anilines is 1. The van der Waals surface area contributed by atoms with E-state index >= 15 is 0 Å². The van der Waals surface area contributed by atoms with Crippen molar-refractivity contribution >= 4 is 23.0 Å². The molecule has 0 aliphatic carbocycles. The molecular weight excluding hydrogens is 295 g/mol. The highest BCUT2D eigenvalue weighted by atomic mass is 35.5. The lowest BCUT2D eigenvalue weighted by Gasteiger charge is -2.17. The minimum Gasteiger partial charge on any atom is -0.373 e. The van der Waals surface area contributed by atoms with Gasteiger partial charge in [0.15, 0.2) is 0 Å². The van der Waals surface area contributed by atoms with E-state index in [1.54, 1.807) is 25.1 Å². The smallest absolute Gasteiger partial charge is 0.292 e. The van der Waals surface area contributed by atoms with E-state index in [2.05, 4.69) is 5.32 Å². The van der Waals surface area contributed by atoms with Crippen molar-refractivity contribution in [3.8, 4) is 0 Å². The molecule has 2 aromatic carbocycles. The molecule has 0 amide bonds. The van der Waals surface area contributed by atoms with E-state index in [9.17, 15) is 14.5 Å². The van der Waals surface area contributed by atoms with Crippen molar-refractivity contribution in [1.82, 2.24) is 0 Å². The Morgan fingerprint density at radius 2 is 2.00 bits per heavy atom. The number of hydrogen-bond acceptors (Lipinski definition) is 3. The zero-order chi connectivity index (χ0) is 15.6. The quantitative estimate of drug-likeness (QED) is 0.647. The van der Waals surface area contributed by atoms with Gasteiger partial charge >= 0.3 is 0 Å². The van der Waals surface area contributed by atoms with Gasteiger partial charge in [0.05, 0.1) is 11.0 Å². The van der Waals surface area contributed by atoms with Crippen LogP contribution in [0.25, 0.3) is 0 Å². The summed E-state index contributed by atoms with van der Waals surface area (Å²) in [5.41, 5.74) is 1.88. The summed E-state index contributed by atoms with van der Waals surface area (Å²) in [6.07, 6.45) is 0. The van der Waals surface area contributed by atoms with Gasteiger partial charge in [0.1, 0.15) is 11.5 Å². The van der Waals surface area contributed by atoms with Crippen LogP contribution >= 0.6 is 11.6 Å². The van der Waals surface area contributed by atoms with Gasteiger partial charge in [-0.1, -0.05) is 23.7 Å². The van der Waals surface area contributed by atoms with Crippen LogP contribution in [-0.2, 0) is 0 Å². The minimum absolute atomic E-state index is 0.0000779. The summed E-state index contributed by atoms with van der Waals surface area (Å²) in [5.74, 6) is -0.419. The Kier molecular flexibility index (Phi) is 4.43. The maximum absolute atomic E-state index is 13.1. The number of nitro groups is 1. The maximum Gasteiger partial charge on any atom is 0.292 e. The Balaban J connectivity index is 2.31. The zero-order valence-electron chi connectivity index (χ0n) is 11.6. The van der Waals surface area contributed by atoms with E-state index in [1.165, 1.54) is 18.2 Å². The topological polar surface area (TPSA) is 55.2 Å². The predicted octanol–water partition coefficient (Wildman–Crippen LogP) is 4.87. The van der Waals surface area contributed by atoms with Crippen molar-refractivity contribution in [2.24, 2.45) is 0 Å². The molecule has 110 valence electrons. The number of benzene rings is 2. The van der Waals surface area contributed by atoms with E-state index in [1.807, 2.05) is 6.92 Å². The fraction of sp³-hybridized carbons (Fsp3) is 0.200. The van der Waals surface area contributed by atoms with Gasteiger partial charge in [0.2, 0.25) is 0 Å². The van der Waals surface area contributed by atoms with Crippen LogP contribution in [-0.4, -0.2) is 4.92 Å². The second-order valence-electron chi connectivity index (χ2n) is 4.81. The number of rotatable bonds is 4. The molecule has 4 nitrogen and oxygen atoms in total. The molecule has 2 rings (SSSR count). The fourth-order valence-corrected chi connectivity index (χ4v) is 2.41. The summed E-state index contributed by atoms with van der Waals surface area (Å²) in [7, 11) is 0. The molecule has 0 aliphatic rings. The van der Waals surface area contributed by atoms with E-state index < -0.39 is 10.7 Å². The Hall–Kier alpha value is -2.14. The van der Waals surface area contributed by atoms with Crippen molar-refractivity contribution in [3.63, 3.8) is 0 Å². The third-order valence-corrected chi connectivity index (χ3v) is 3.48. The molecule has 0 heterocycles. The third kappa shape index (κ3) is 3.49. The third-order valence-electron chi connectivity index (χ3n) is 3.15. The van der Waals surface area contributed by atoms with Crippen molar-refractivity contribution in [2.45, 2.75) is 19.9 Å². The number of nitro benzene ring substituents is 1. The highest BCUT2D eigenvalue weighted by Crippen LogP contribution is 2.31. The molecule has 0 fully saturated rings. The first-order chi connectivity index (χ1) is 9.88. The van der Waals surface area contributed by atoms with Gasteiger partial charge in [-0.25, -0.2) is 4.39 Å². The monoisotopic (exact) mass is 308 g/mol. The van der Waals surface area contributed by atoms with Crippen molar-refractivity contribution in [2.75, 3.05) is 5.32 Å². The Labute approximate surface area is 126 Å². The average molecular weight is 309 g/mol. The number of nitrogens with zero attached hydrogens (tertiary/aromatic N) is 1. The molecule has 0 aromatic heterocycles. The molecule has 0 aliphatic heterocycles. The summed E-state index contributed by atoms with van der Waals surface area (Å²) in [6.45, 7) is 3.60. The summed E-state index contributed by atoms with van der Waals surface area (Å²) < 4.78 is 13.1. The molecule has 2 aromatic rings. The summed E-state index contributed by atoms with van der Waals surface area (Å²) >= 11 is 6.00. The molecule has 0 spiro atoms. The minimum atomic E-state index is -0.436. The van der Waals surface area contributed by atoms with Crippen molar-refractivity contribution in [1.29, 1.82) is 0 Å². The van der Waals surface area contributed by atoms with Gasteiger partial charge in [-0.3, -0.25) is 10.1 Å². The van der Waals surface area contributed by atoms with Gasteiger partial charge in [-0.15, -0.1) is 0 Å². The lowest BCUT2D eigenvalue weighted by molar-refractivity contribution is -0.384. The Morgan fingerprint density at radius 3 is 2.62 bits per heavy atom. The average Bonchev–Trinajstić information content (AvgIpc) is 2.40. The lowest BCUT2D eigenvalue weighted by Crippen LogP contribution is -2.09. The second-order valence-corrected chi connectivity index (χ2v) is 5.22. The van der Waals surface area contributed by atoms with E-state index in [0.29, 0.717) is 11.3 Å². The van der Waals surface area contributed by atoms with E-state index in [-0.39, 0.29) is 16.8 Å². The summed E-state index contributed by atoms with van der Waals surface area (Å²) in [5, 5.41) is 14.4. The number of nitrogens with one attached hydrogen (secondary N) is 1. The van der Waals surface area contributed by atoms with Crippen LogP contribution in [0.5, 0.6) is 0 Å². The standard InChI is InChI=1S/C15H14ClFN2O2/c1-9-3-6-14(15(7-9)19(20)21)18-10(2)12-5-4-11(17)8-13(12)16/h3-8,10,18H,1-2H3. The van der Waals surface area contributed by atoms with Gasteiger partial charge in [0, 0.05) is 11.1 Å². The molecule has 0 saturated heterocycles. The van der Waals surface area contributed by atoms with Crippen LogP contribution in [0.15, 0.2) is 36.4 Å². The highest BCUT2D eigenvalue weighted by Gasteiger charge is 2.17. The van der Waals surface area contributed by atoms with Crippen LogP contribution in [0.4, 0.5) is 15.8 Å². The Bertz CT molecular complexity index is 691. The van der Waals surface area contributed by atoms with Crippen molar-refractivity contribution in [3.05, 3.63) is 68.5 Å². The molecule has 0 saturated carbocycles. The van der Waals surface area contributed by atoms with Crippen LogP contribution in [0, 0.1) is 22.9 Å². The maximum atomic E-state index is 13.1. The zero-order valence-corrected chi connectivity index (χ0v) is 12.3. The first-order valence-electron chi connectivity index (χ1n) is 6.35. The largest absolute Gasteiger partial charge is 0.373 e. The van der Waals surface area contributed by atoms with Gasteiger partial charge in [-0.2, -0.15) is 0 Å². The summed E-state index contributed by atoms with van der Waals surface area (Å²) in [4.78, 5) is 10.7. The van der Waals surface area contributed by atoms with Crippen molar-refractivity contribution < 1.29 is 9.31 Å². The molecule has 6 heteroatoms. The SMILES string of the molecule is Cc1ccc(NC(C)c2ccc(F)cc2Cl)c([N+](=O)[O-])c1. The molecule has 0 bridgehead atoms.